The third-order valence-electron chi connectivity index (χ3n) is 4.65. The van der Waals surface area contributed by atoms with Gasteiger partial charge in [0.1, 0.15) is 11.7 Å². The summed E-state index contributed by atoms with van der Waals surface area (Å²) >= 11 is 0. The van der Waals surface area contributed by atoms with E-state index in [4.69, 9.17) is 0 Å². The van der Waals surface area contributed by atoms with Crippen LogP contribution in [0.25, 0.3) is 0 Å². The average molecular weight is 452 g/mol. The van der Waals surface area contributed by atoms with E-state index < -0.39 is 42.9 Å². The highest BCUT2D eigenvalue weighted by Crippen LogP contribution is 2.23. The van der Waals surface area contributed by atoms with Gasteiger partial charge in [-0.05, 0) is 43.5 Å². The fourth-order valence-electron chi connectivity index (χ4n) is 2.83. The fraction of sp³-hybridized carbons (Fsp3) is 0.333. The molecule has 0 aliphatic rings. The van der Waals surface area contributed by atoms with Crippen LogP contribution in [0.2, 0.25) is 0 Å². The topological polar surface area (TPSA) is 108 Å². The van der Waals surface area contributed by atoms with Crippen molar-refractivity contribution in [1.29, 1.82) is 0 Å². The molecule has 4 N–H and O–H groups in total. The second-order valence-electron chi connectivity index (χ2n) is 7.35. The number of rotatable bonds is 9. The highest BCUT2D eigenvalue weighted by molar-refractivity contribution is 6.43. The molecule has 2 atom stereocenters. The largest absolute Gasteiger partial charge is 0.573 e. The van der Waals surface area contributed by atoms with E-state index in [9.17, 15) is 32.8 Å². The second-order valence-corrected chi connectivity index (χ2v) is 7.35. The van der Waals surface area contributed by atoms with E-state index in [2.05, 4.69) is 15.4 Å². The van der Waals surface area contributed by atoms with Crippen LogP contribution >= 0.6 is 0 Å². The van der Waals surface area contributed by atoms with Crippen molar-refractivity contribution < 1.29 is 37.5 Å². The number of carbonyl (C=O) groups is 2. The number of hydrogen-bond donors (Lipinski definition) is 4. The Morgan fingerprint density at radius 3 is 2.31 bits per heavy atom. The summed E-state index contributed by atoms with van der Waals surface area (Å²) in [6, 6.07) is 12.4. The SMILES string of the molecule is Cc1ccc(C[C@H](NC(=O)[C@H](C)C(=O)NCc2cccc(OC(F)(F)F)c2)B(O)O)cc1. The van der Waals surface area contributed by atoms with E-state index in [0.29, 0.717) is 5.56 Å². The maximum atomic E-state index is 12.4. The van der Waals surface area contributed by atoms with Gasteiger partial charge in [0.15, 0.2) is 0 Å². The van der Waals surface area contributed by atoms with Gasteiger partial charge in [-0.2, -0.15) is 0 Å². The first-order chi connectivity index (χ1) is 14.9. The molecule has 0 aliphatic carbocycles. The number of amides is 2. The zero-order chi connectivity index (χ0) is 23.9. The summed E-state index contributed by atoms with van der Waals surface area (Å²) in [4.78, 5) is 24.7. The Kier molecular flexibility index (Phi) is 8.67. The monoisotopic (exact) mass is 452 g/mol. The van der Waals surface area contributed by atoms with Gasteiger partial charge in [-0.3, -0.25) is 9.59 Å². The van der Waals surface area contributed by atoms with Gasteiger partial charge < -0.3 is 25.4 Å². The summed E-state index contributed by atoms with van der Waals surface area (Å²) in [6.07, 6.45) is -4.69. The molecule has 2 aromatic rings. The Hall–Kier alpha value is -3.05. The maximum Gasteiger partial charge on any atom is 0.573 e. The van der Waals surface area contributed by atoms with Crippen LogP contribution < -0.4 is 15.4 Å². The molecular formula is C21H24BF3N2O5. The zero-order valence-electron chi connectivity index (χ0n) is 17.5. The number of aryl methyl sites for hydroxylation is 1. The number of hydrogen-bond acceptors (Lipinski definition) is 5. The van der Waals surface area contributed by atoms with Crippen LogP contribution in [-0.4, -0.2) is 41.3 Å². The summed E-state index contributed by atoms with van der Waals surface area (Å²) in [5, 5.41) is 24.1. The van der Waals surface area contributed by atoms with E-state index in [0.717, 1.165) is 23.3 Å². The maximum absolute atomic E-state index is 12.4. The summed E-state index contributed by atoms with van der Waals surface area (Å²) in [6.45, 7) is 3.12. The first kappa shape index (κ1) is 25.2. The summed E-state index contributed by atoms with van der Waals surface area (Å²) < 4.78 is 40.8. The van der Waals surface area contributed by atoms with Gasteiger partial charge >= 0.3 is 13.5 Å². The second kappa shape index (κ2) is 11.0. The lowest BCUT2D eigenvalue weighted by Crippen LogP contribution is -2.51. The van der Waals surface area contributed by atoms with Crippen molar-refractivity contribution in [2.45, 2.75) is 39.1 Å². The van der Waals surface area contributed by atoms with Crippen LogP contribution in [0.4, 0.5) is 13.2 Å². The number of nitrogens with one attached hydrogen (secondary N) is 2. The Morgan fingerprint density at radius 2 is 1.72 bits per heavy atom. The van der Waals surface area contributed by atoms with Gasteiger partial charge in [-0.1, -0.05) is 42.0 Å². The van der Waals surface area contributed by atoms with Crippen LogP contribution in [0.3, 0.4) is 0 Å². The van der Waals surface area contributed by atoms with Crippen molar-refractivity contribution in [3.63, 3.8) is 0 Å². The molecule has 0 saturated carbocycles. The predicted molar refractivity (Wildman–Crippen MR) is 111 cm³/mol. The molecule has 2 amide bonds. The number of benzene rings is 2. The van der Waals surface area contributed by atoms with Crippen molar-refractivity contribution in [3.8, 4) is 5.75 Å². The smallest absolute Gasteiger partial charge is 0.426 e. The van der Waals surface area contributed by atoms with E-state index in [1.165, 1.54) is 19.1 Å². The Bertz CT molecular complexity index is 922. The standard InChI is InChI=1S/C21H24BF3N2O5/c1-13-6-8-15(9-7-13)11-18(22(30)31)27-20(29)14(2)19(28)26-12-16-4-3-5-17(10-16)32-21(23,24)25/h3-10,14,18,30-31H,11-12H2,1-2H3,(H,26,28)(H,27,29)/t14-,18+/m1/s1. The molecule has 2 rings (SSSR count). The summed E-state index contributed by atoms with van der Waals surface area (Å²) in [5.74, 6) is -4.03. The van der Waals surface area contributed by atoms with Gasteiger partial charge in [-0.15, -0.1) is 13.2 Å². The predicted octanol–water partition coefficient (Wildman–Crippen LogP) is 1.89. The lowest BCUT2D eigenvalue weighted by molar-refractivity contribution is -0.274. The van der Waals surface area contributed by atoms with Crippen LogP contribution in [0.5, 0.6) is 5.75 Å². The van der Waals surface area contributed by atoms with Crippen molar-refractivity contribution >= 4 is 18.9 Å². The summed E-state index contributed by atoms with van der Waals surface area (Å²) in [5.41, 5.74) is 2.14. The third-order valence-corrected chi connectivity index (χ3v) is 4.65. The van der Waals surface area contributed by atoms with Crippen LogP contribution in [0, 0.1) is 12.8 Å². The number of carbonyl (C=O) groups excluding carboxylic acids is 2. The molecule has 2 aromatic carbocycles. The van der Waals surface area contributed by atoms with Crippen LogP contribution in [0.15, 0.2) is 48.5 Å². The minimum absolute atomic E-state index is 0.124. The molecule has 172 valence electrons. The van der Waals surface area contributed by atoms with Crippen molar-refractivity contribution in [2.75, 3.05) is 0 Å². The molecule has 0 spiro atoms. The molecule has 11 heteroatoms. The molecule has 0 saturated heterocycles. The molecule has 0 heterocycles. The number of ether oxygens (including phenoxy) is 1. The highest BCUT2D eigenvalue weighted by Gasteiger charge is 2.31. The molecule has 32 heavy (non-hydrogen) atoms. The quantitative estimate of drug-likeness (QED) is 0.344. The Morgan fingerprint density at radius 1 is 1.06 bits per heavy atom. The zero-order valence-corrected chi connectivity index (χ0v) is 17.5. The first-order valence-corrected chi connectivity index (χ1v) is 9.79. The molecule has 0 radical (unpaired) electrons. The van der Waals surface area contributed by atoms with Crippen molar-refractivity contribution in [3.05, 3.63) is 65.2 Å². The molecule has 7 nitrogen and oxygen atoms in total. The molecular weight excluding hydrogens is 428 g/mol. The highest BCUT2D eigenvalue weighted by atomic mass is 19.4. The lowest BCUT2D eigenvalue weighted by Gasteiger charge is -2.20. The van der Waals surface area contributed by atoms with Gasteiger partial charge in [0, 0.05) is 6.54 Å². The normalized spacial score (nSPS) is 13.1. The Balaban J connectivity index is 1.92. The lowest BCUT2D eigenvalue weighted by atomic mass is 9.75. The summed E-state index contributed by atoms with van der Waals surface area (Å²) in [7, 11) is -1.84. The Labute approximate surface area is 183 Å². The van der Waals surface area contributed by atoms with Gasteiger partial charge in [0.25, 0.3) is 0 Å². The number of halogens is 3. The van der Waals surface area contributed by atoms with E-state index >= 15 is 0 Å². The third kappa shape index (κ3) is 8.24. The van der Waals surface area contributed by atoms with E-state index in [-0.39, 0.29) is 13.0 Å². The molecule has 0 bridgehead atoms. The van der Waals surface area contributed by atoms with Crippen molar-refractivity contribution in [2.24, 2.45) is 5.92 Å². The first-order valence-electron chi connectivity index (χ1n) is 9.79. The molecule has 0 aromatic heterocycles. The molecule has 0 aliphatic heterocycles. The van der Waals surface area contributed by atoms with Gasteiger partial charge in [-0.25, -0.2) is 0 Å². The van der Waals surface area contributed by atoms with Crippen LogP contribution in [-0.2, 0) is 22.6 Å². The van der Waals surface area contributed by atoms with Crippen molar-refractivity contribution in [1.82, 2.24) is 10.6 Å². The molecule has 0 fully saturated rings. The minimum Gasteiger partial charge on any atom is -0.426 e. The fourth-order valence-corrected chi connectivity index (χ4v) is 2.83. The molecule has 0 unspecified atom stereocenters. The van der Waals surface area contributed by atoms with E-state index in [1.807, 2.05) is 19.1 Å². The van der Waals surface area contributed by atoms with Gasteiger partial charge in [0.05, 0.1) is 5.94 Å². The van der Waals surface area contributed by atoms with Gasteiger partial charge in [0.2, 0.25) is 11.8 Å². The van der Waals surface area contributed by atoms with E-state index in [1.54, 1.807) is 12.1 Å². The average Bonchev–Trinajstić information content (AvgIpc) is 2.71. The minimum atomic E-state index is -4.83. The van der Waals surface area contributed by atoms with Crippen LogP contribution in [0.1, 0.15) is 23.6 Å². The number of alkyl halides is 3.